The molecule has 0 aromatic heterocycles. The van der Waals surface area contributed by atoms with Crippen LogP contribution in [-0.2, 0) is 24.5 Å². The molecule has 1 saturated carbocycles. The van der Waals surface area contributed by atoms with Crippen LogP contribution in [0.5, 0.6) is 0 Å². The average Bonchev–Trinajstić information content (AvgIpc) is 3.35. The third-order valence-corrected chi connectivity index (χ3v) is 21.3. The Labute approximate surface area is 286 Å². The molecule has 5 atom stereocenters. The first-order chi connectivity index (χ1) is 21.9. The van der Waals surface area contributed by atoms with Crippen molar-refractivity contribution in [2.75, 3.05) is 0 Å². The number of rotatable bonds is 24. The molecule has 1 N–H and O–H groups in total. The molecule has 1 fully saturated rings. The molecule has 0 aliphatic heterocycles. The first-order valence-electron chi connectivity index (χ1n) is 18.8. The number of hydrogen-bond donors (Lipinski definition) is 1. The quantitative estimate of drug-likeness (QED) is 0.0664. The minimum absolute atomic E-state index is 0.210. The molecule has 0 unspecified atom stereocenters. The van der Waals surface area contributed by atoms with Crippen LogP contribution in [0.4, 0.5) is 0 Å². The summed E-state index contributed by atoms with van der Waals surface area (Å²) in [6.45, 7) is 21.0. The highest BCUT2D eigenvalue weighted by molar-refractivity contribution is 6.74. The Bertz CT molecular complexity index is 987. The highest BCUT2D eigenvalue weighted by Gasteiger charge is 2.48. The maximum absolute atomic E-state index is 11.0. The number of carboxylic acids is 1. The van der Waals surface area contributed by atoms with Gasteiger partial charge in [-0.05, 0) is 125 Å². The number of benzene rings is 1. The van der Waals surface area contributed by atoms with Crippen LogP contribution < -0.4 is 0 Å². The summed E-state index contributed by atoms with van der Waals surface area (Å²) in [7, 11) is -5.36. The number of carboxylic acid groups (broad SMARTS) is 1. The predicted octanol–water partition coefficient (Wildman–Crippen LogP) is 11.2. The lowest BCUT2D eigenvalue weighted by molar-refractivity contribution is -0.137. The molecule has 2 rings (SSSR count). The summed E-state index contributed by atoms with van der Waals surface area (Å²) >= 11 is 0. The number of unbranched alkanes of at least 4 members (excludes halogenated alkanes) is 1. The van der Waals surface area contributed by atoms with Gasteiger partial charge in [0.25, 0.3) is 0 Å². The fourth-order valence-electron chi connectivity index (χ4n) is 7.61. The molecule has 1 aromatic rings. The van der Waals surface area contributed by atoms with Crippen LogP contribution in [0, 0.1) is 11.8 Å². The van der Waals surface area contributed by atoms with Crippen molar-refractivity contribution < 1.29 is 23.2 Å². The maximum atomic E-state index is 11.0. The van der Waals surface area contributed by atoms with Gasteiger partial charge in [0.15, 0.2) is 25.0 Å². The molecule has 1 aliphatic rings. The number of hydrogen-bond acceptors (Lipinski definition) is 4. The normalized spacial score (nSPS) is 21.7. The van der Waals surface area contributed by atoms with Crippen molar-refractivity contribution >= 4 is 30.9 Å². The lowest BCUT2D eigenvalue weighted by atomic mass is 9.85. The molecule has 46 heavy (non-hydrogen) atoms. The van der Waals surface area contributed by atoms with E-state index in [4.69, 9.17) is 18.4 Å². The molecule has 0 spiro atoms. The molecule has 0 bridgehead atoms. The molecule has 0 heterocycles. The minimum atomic E-state index is -1.82. The van der Waals surface area contributed by atoms with Gasteiger partial charge in [0, 0.05) is 12.5 Å². The molecule has 1 aromatic carbocycles. The number of aliphatic carboxylic acids is 1. The van der Waals surface area contributed by atoms with Gasteiger partial charge in [-0.25, -0.2) is 0 Å². The fraction of sp³-hybridized carbons (Fsp3) is 0.763. The van der Waals surface area contributed by atoms with E-state index in [1.54, 1.807) is 0 Å². The second kappa shape index (κ2) is 20.5. The topological polar surface area (TPSA) is 65.0 Å². The van der Waals surface area contributed by atoms with E-state index < -0.39 is 30.9 Å². The van der Waals surface area contributed by atoms with Crippen molar-refractivity contribution in [2.45, 2.75) is 174 Å². The Morgan fingerprint density at radius 3 is 1.96 bits per heavy atom. The van der Waals surface area contributed by atoms with E-state index in [2.05, 4.69) is 104 Å². The van der Waals surface area contributed by atoms with Crippen LogP contribution in [0.25, 0.3) is 0 Å². The van der Waals surface area contributed by atoms with Crippen molar-refractivity contribution in [1.29, 1.82) is 0 Å². The van der Waals surface area contributed by atoms with E-state index in [9.17, 15) is 4.79 Å². The summed E-state index contributed by atoms with van der Waals surface area (Å²) in [5.41, 5.74) is 1.40. The second-order valence-corrected chi connectivity index (χ2v) is 28.7. The van der Waals surface area contributed by atoms with Gasteiger partial charge in [0.1, 0.15) is 0 Å². The monoisotopic (exact) mass is 690 g/mol. The van der Waals surface area contributed by atoms with E-state index >= 15 is 0 Å². The summed E-state index contributed by atoms with van der Waals surface area (Å²) in [4.78, 5) is 11.0. The summed E-state index contributed by atoms with van der Waals surface area (Å²) in [5.74, 6) is 0.129. The van der Waals surface area contributed by atoms with Gasteiger partial charge < -0.3 is 18.4 Å². The lowest BCUT2D eigenvalue weighted by Crippen LogP contribution is -2.42. The van der Waals surface area contributed by atoms with Crippen LogP contribution in [0.15, 0.2) is 42.5 Å². The molecule has 8 heteroatoms. The number of carbonyl (C=O) groups is 1. The molecular formula is C38H70O5Si3. The van der Waals surface area contributed by atoms with Crippen LogP contribution in [0.1, 0.15) is 98.5 Å². The summed E-state index contributed by atoms with van der Waals surface area (Å²) in [6, 6.07) is 17.9. The second-order valence-electron chi connectivity index (χ2n) is 14.8. The first kappa shape index (κ1) is 41.1. The Kier molecular flexibility index (Phi) is 18.3. The molecule has 5 nitrogen and oxygen atoms in total. The molecule has 264 valence electrons. The predicted molar refractivity (Wildman–Crippen MR) is 203 cm³/mol. The highest BCUT2D eigenvalue weighted by Crippen LogP contribution is 2.45. The highest BCUT2D eigenvalue weighted by atomic mass is 28.4. The molecule has 0 saturated heterocycles. The summed E-state index contributed by atoms with van der Waals surface area (Å²) < 4.78 is 21.6. The van der Waals surface area contributed by atoms with Crippen molar-refractivity contribution in [2.24, 2.45) is 11.8 Å². The van der Waals surface area contributed by atoms with Crippen molar-refractivity contribution in [3.63, 3.8) is 0 Å². The SMILES string of the molecule is CC[Si](CC)(CC)O[C@@H](CCc1ccccc1)CC[C@@H]1[C@@H](C/C=C\CCCC(=O)O)[C@@H](O[Si](C)(C)C)C[C@H]1O[Si](CC)(CC)CC. The Hall–Kier alpha value is -1.04. The van der Waals surface area contributed by atoms with Gasteiger partial charge in [-0.1, -0.05) is 84.0 Å². The molecule has 0 amide bonds. The Morgan fingerprint density at radius 2 is 1.41 bits per heavy atom. The Balaban J connectivity index is 2.40. The van der Waals surface area contributed by atoms with Gasteiger partial charge in [0.05, 0.1) is 12.2 Å². The van der Waals surface area contributed by atoms with Crippen LogP contribution >= 0.6 is 0 Å². The Morgan fingerprint density at radius 1 is 0.826 bits per heavy atom. The fourth-order valence-corrected chi connectivity index (χ4v) is 14.6. The van der Waals surface area contributed by atoms with Crippen LogP contribution in [0.3, 0.4) is 0 Å². The zero-order chi connectivity index (χ0) is 34.2. The third-order valence-electron chi connectivity index (χ3n) is 10.9. The van der Waals surface area contributed by atoms with Crippen LogP contribution in [-0.4, -0.2) is 54.3 Å². The summed E-state index contributed by atoms with van der Waals surface area (Å²) in [6.07, 6.45) is 13.2. The van der Waals surface area contributed by atoms with E-state index in [1.165, 1.54) is 23.7 Å². The van der Waals surface area contributed by atoms with Crippen molar-refractivity contribution in [3.8, 4) is 0 Å². The smallest absolute Gasteiger partial charge is 0.303 e. The number of aryl methyl sites for hydroxylation is 1. The van der Waals surface area contributed by atoms with Crippen molar-refractivity contribution in [3.05, 3.63) is 48.0 Å². The van der Waals surface area contributed by atoms with E-state index in [0.29, 0.717) is 18.3 Å². The van der Waals surface area contributed by atoms with Gasteiger partial charge in [-0.15, -0.1) is 0 Å². The standard InChI is InChI=1S/C38H70O5Si3/c1-10-45(11-2,12-3)41-33(28-27-32-23-19-18-20-24-32)29-30-35-34(25-21-16-17-22-26-38(39)40)36(42-44(7,8)9)31-37(35)43-46(13-4,14-5)15-6/h16,18-21,23-24,33-37H,10-15,17,22,25-31H2,1-9H3,(H,39,40)/b21-16-/t33-,34+,35+,36-,37+/m0/s1. The van der Waals surface area contributed by atoms with E-state index in [1.807, 2.05) is 0 Å². The van der Waals surface area contributed by atoms with Gasteiger partial charge in [0.2, 0.25) is 0 Å². The van der Waals surface area contributed by atoms with E-state index in [0.717, 1.165) is 63.1 Å². The molecule has 1 aliphatic carbocycles. The largest absolute Gasteiger partial charge is 0.481 e. The van der Waals surface area contributed by atoms with Gasteiger partial charge in [-0.2, -0.15) is 0 Å². The third kappa shape index (κ3) is 13.5. The molecular weight excluding hydrogens is 621 g/mol. The lowest BCUT2D eigenvalue weighted by Gasteiger charge is -2.37. The average molecular weight is 691 g/mol. The van der Waals surface area contributed by atoms with Gasteiger partial charge in [-0.3, -0.25) is 4.79 Å². The molecule has 0 radical (unpaired) electrons. The minimum Gasteiger partial charge on any atom is -0.481 e. The first-order valence-corrected chi connectivity index (χ1v) is 27.3. The van der Waals surface area contributed by atoms with Crippen LogP contribution in [0.2, 0.25) is 55.9 Å². The zero-order valence-corrected chi connectivity index (χ0v) is 34.1. The van der Waals surface area contributed by atoms with Gasteiger partial charge >= 0.3 is 5.97 Å². The summed E-state index contributed by atoms with van der Waals surface area (Å²) in [5, 5.41) is 9.07. The van der Waals surface area contributed by atoms with E-state index in [-0.39, 0.29) is 24.7 Å². The van der Waals surface area contributed by atoms with Crippen molar-refractivity contribution in [1.82, 2.24) is 0 Å². The number of allylic oxidation sites excluding steroid dienone is 2. The maximum Gasteiger partial charge on any atom is 0.303 e. The zero-order valence-electron chi connectivity index (χ0n) is 31.1.